The average Bonchev–Trinajstić information content (AvgIpc) is 2.89. The Morgan fingerprint density at radius 1 is 1.29 bits per heavy atom. The van der Waals surface area contributed by atoms with Crippen molar-refractivity contribution in [3.63, 3.8) is 0 Å². The number of fused-ring (bicyclic) bond motifs is 1. The molecule has 2 atom stereocenters. The number of benzene rings is 1. The van der Waals surface area contributed by atoms with Gasteiger partial charge in [-0.15, -0.1) is 0 Å². The Balaban J connectivity index is 1.79. The predicted molar refractivity (Wildman–Crippen MR) is 94.3 cm³/mol. The van der Waals surface area contributed by atoms with Crippen molar-refractivity contribution < 1.29 is 14.3 Å². The summed E-state index contributed by atoms with van der Waals surface area (Å²) in [6, 6.07) is 10.6. The molecule has 1 amide bonds. The zero-order valence-corrected chi connectivity index (χ0v) is 15.9. The maximum atomic E-state index is 12.8. The first-order valence-electron chi connectivity index (χ1n) is 8.84. The van der Waals surface area contributed by atoms with Crippen LogP contribution in [0.4, 0.5) is 0 Å². The topological polar surface area (TPSA) is 46.6 Å². The SMILES string of the molecule is CCOC(=O)[C@@]12CCCCC(=O)N1[C@@H](C[Se]c1ccccc1)CC2. The van der Waals surface area contributed by atoms with Gasteiger partial charge in [-0.05, 0) is 0 Å². The zero-order valence-electron chi connectivity index (χ0n) is 14.2. The van der Waals surface area contributed by atoms with E-state index in [4.69, 9.17) is 4.74 Å². The third-order valence-electron chi connectivity index (χ3n) is 5.06. The second kappa shape index (κ2) is 7.71. The van der Waals surface area contributed by atoms with Gasteiger partial charge in [0.25, 0.3) is 0 Å². The third-order valence-corrected chi connectivity index (χ3v) is 7.49. The summed E-state index contributed by atoms with van der Waals surface area (Å²) >= 11 is 0.323. The molecule has 0 bridgehead atoms. The van der Waals surface area contributed by atoms with Crippen molar-refractivity contribution in [2.45, 2.75) is 62.3 Å². The van der Waals surface area contributed by atoms with E-state index < -0.39 is 5.54 Å². The standard InChI is InChI=1S/C19H25NO3Se/c1-2-23-18(22)19-12-7-6-10-17(21)20(19)15(11-13-19)14-24-16-8-4-3-5-9-16/h3-5,8-9,15H,2,6-7,10-14H2,1H3/t15-,19+/m1/s1. The molecule has 0 saturated carbocycles. The Bertz CT molecular complexity index is 592. The molecule has 2 saturated heterocycles. The molecule has 2 heterocycles. The zero-order chi connectivity index (χ0) is 17.0. The third kappa shape index (κ3) is 3.38. The molecule has 2 aliphatic heterocycles. The molecule has 3 rings (SSSR count). The first-order chi connectivity index (χ1) is 11.7. The number of rotatable bonds is 5. The van der Waals surface area contributed by atoms with Crippen LogP contribution in [0.2, 0.25) is 5.32 Å². The minimum atomic E-state index is -0.693. The van der Waals surface area contributed by atoms with Crippen LogP contribution in [0.3, 0.4) is 0 Å². The van der Waals surface area contributed by atoms with E-state index in [0.717, 1.165) is 37.4 Å². The van der Waals surface area contributed by atoms with E-state index >= 15 is 0 Å². The van der Waals surface area contributed by atoms with Gasteiger partial charge in [-0.25, -0.2) is 0 Å². The summed E-state index contributed by atoms with van der Waals surface area (Å²) in [5.41, 5.74) is -0.693. The fourth-order valence-corrected chi connectivity index (χ4v) is 6.14. The molecule has 0 N–H and O–H groups in total. The number of amides is 1. The van der Waals surface area contributed by atoms with Gasteiger partial charge >= 0.3 is 150 Å². The van der Waals surface area contributed by atoms with Crippen molar-refractivity contribution in [2.24, 2.45) is 0 Å². The van der Waals surface area contributed by atoms with E-state index in [9.17, 15) is 9.59 Å². The Morgan fingerprint density at radius 3 is 2.83 bits per heavy atom. The van der Waals surface area contributed by atoms with Crippen LogP contribution in [0.15, 0.2) is 30.3 Å². The summed E-state index contributed by atoms with van der Waals surface area (Å²) in [5, 5.41) is 0.976. The van der Waals surface area contributed by atoms with Gasteiger partial charge < -0.3 is 0 Å². The van der Waals surface area contributed by atoms with Crippen molar-refractivity contribution in [3.8, 4) is 0 Å². The van der Waals surface area contributed by atoms with Crippen LogP contribution in [0, 0.1) is 0 Å². The number of carbonyl (C=O) groups is 2. The number of ether oxygens (including phenoxy) is 1. The molecule has 1 aromatic rings. The molecule has 1 aromatic carbocycles. The Labute approximate surface area is 150 Å². The molecule has 0 radical (unpaired) electrons. The summed E-state index contributed by atoms with van der Waals surface area (Å²) < 4.78 is 6.72. The van der Waals surface area contributed by atoms with Gasteiger partial charge in [-0.3, -0.25) is 0 Å². The maximum absolute atomic E-state index is 12.8. The molecule has 0 unspecified atom stereocenters. The fourth-order valence-electron chi connectivity index (χ4n) is 3.94. The summed E-state index contributed by atoms with van der Waals surface area (Å²) in [7, 11) is 0. The van der Waals surface area contributed by atoms with Crippen molar-refractivity contribution >= 4 is 31.3 Å². The number of nitrogens with zero attached hydrogens (tertiary/aromatic N) is 1. The second-order valence-corrected chi connectivity index (χ2v) is 8.83. The molecule has 5 heteroatoms. The quantitative estimate of drug-likeness (QED) is 0.569. The Morgan fingerprint density at radius 2 is 2.08 bits per heavy atom. The number of hydrogen-bond donors (Lipinski definition) is 0. The Hall–Kier alpha value is -1.32. The molecular weight excluding hydrogens is 369 g/mol. The minimum absolute atomic E-state index is 0.145. The molecular formula is C19H25NO3Se. The van der Waals surface area contributed by atoms with Crippen LogP contribution in [0.1, 0.15) is 45.4 Å². The van der Waals surface area contributed by atoms with Crippen LogP contribution in [-0.4, -0.2) is 49.9 Å². The van der Waals surface area contributed by atoms with Crippen molar-refractivity contribution in [1.29, 1.82) is 0 Å². The normalized spacial score (nSPS) is 26.8. The first-order valence-corrected chi connectivity index (χ1v) is 10.9. The van der Waals surface area contributed by atoms with Gasteiger partial charge in [0, 0.05) is 0 Å². The molecule has 24 heavy (non-hydrogen) atoms. The molecule has 4 nitrogen and oxygen atoms in total. The van der Waals surface area contributed by atoms with Gasteiger partial charge in [0.1, 0.15) is 0 Å². The Kier molecular flexibility index (Phi) is 5.62. The number of carbonyl (C=O) groups excluding carboxylic acids is 2. The molecule has 130 valence electrons. The molecule has 2 fully saturated rings. The molecule has 2 aliphatic rings. The molecule has 0 aromatic heterocycles. The van der Waals surface area contributed by atoms with Gasteiger partial charge in [0.15, 0.2) is 0 Å². The molecule has 0 aliphatic carbocycles. The first kappa shape index (κ1) is 17.5. The summed E-state index contributed by atoms with van der Waals surface area (Å²) in [6.07, 6.45) is 4.80. The van der Waals surface area contributed by atoms with E-state index in [0.29, 0.717) is 28.0 Å². The van der Waals surface area contributed by atoms with Crippen LogP contribution in [0.5, 0.6) is 0 Å². The van der Waals surface area contributed by atoms with Crippen molar-refractivity contribution in [2.75, 3.05) is 6.61 Å². The molecule has 0 spiro atoms. The van der Waals surface area contributed by atoms with E-state index in [1.54, 1.807) is 0 Å². The average molecular weight is 394 g/mol. The van der Waals surface area contributed by atoms with Crippen LogP contribution in [-0.2, 0) is 14.3 Å². The summed E-state index contributed by atoms with van der Waals surface area (Å²) in [4.78, 5) is 27.4. The summed E-state index contributed by atoms with van der Waals surface area (Å²) in [5.74, 6) is -0.0399. The van der Waals surface area contributed by atoms with Crippen molar-refractivity contribution in [1.82, 2.24) is 4.90 Å². The van der Waals surface area contributed by atoms with Crippen molar-refractivity contribution in [3.05, 3.63) is 30.3 Å². The van der Waals surface area contributed by atoms with E-state index in [2.05, 4.69) is 24.3 Å². The van der Waals surface area contributed by atoms with Gasteiger partial charge in [0.05, 0.1) is 0 Å². The van der Waals surface area contributed by atoms with Crippen LogP contribution >= 0.6 is 0 Å². The van der Waals surface area contributed by atoms with Crippen LogP contribution < -0.4 is 4.46 Å². The fraction of sp³-hybridized carbons (Fsp3) is 0.579. The van der Waals surface area contributed by atoms with Gasteiger partial charge in [0.2, 0.25) is 0 Å². The van der Waals surface area contributed by atoms with Gasteiger partial charge in [-0.2, -0.15) is 0 Å². The number of esters is 1. The monoisotopic (exact) mass is 395 g/mol. The number of hydrogen-bond acceptors (Lipinski definition) is 3. The van der Waals surface area contributed by atoms with E-state index in [1.807, 2.05) is 17.9 Å². The van der Waals surface area contributed by atoms with E-state index in [-0.39, 0.29) is 17.9 Å². The second-order valence-electron chi connectivity index (χ2n) is 6.54. The summed E-state index contributed by atoms with van der Waals surface area (Å²) in [6.45, 7) is 2.21. The van der Waals surface area contributed by atoms with Crippen LogP contribution in [0.25, 0.3) is 0 Å². The van der Waals surface area contributed by atoms with Gasteiger partial charge in [-0.1, -0.05) is 0 Å². The van der Waals surface area contributed by atoms with E-state index in [1.165, 1.54) is 4.46 Å². The predicted octanol–water partition coefficient (Wildman–Crippen LogP) is 2.30.